The van der Waals surface area contributed by atoms with E-state index < -0.39 is 0 Å². The number of nitrogens with two attached hydrogens (primary N) is 1. The molecule has 0 aliphatic rings. The molecule has 0 atom stereocenters. The maximum absolute atomic E-state index is 5.63. The van der Waals surface area contributed by atoms with Gasteiger partial charge >= 0.3 is 0 Å². The molecule has 0 unspecified atom stereocenters. The van der Waals surface area contributed by atoms with Crippen LogP contribution in [0.15, 0.2) is 18.5 Å². The average Bonchev–Trinajstić information content (AvgIpc) is 2.18. The first-order valence-corrected chi connectivity index (χ1v) is 4.73. The number of nitrogen functional groups attached to an aromatic ring is 1. The van der Waals surface area contributed by atoms with Crippen LogP contribution in [-0.4, -0.2) is 31.8 Å². The number of rotatable bonds is 5. The molecule has 1 aromatic rings. The standard InChI is InChI=1S/C10H17N3O/c1-3-14-5-4-13(2)10-6-9(11)7-12-8-10/h6-8H,3-5,11H2,1-2H3. The van der Waals surface area contributed by atoms with Gasteiger partial charge < -0.3 is 15.4 Å². The van der Waals surface area contributed by atoms with Gasteiger partial charge in [0.15, 0.2) is 0 Å². The van der Waals surface area contributed by atoms with Crippen molar-refractivity contribution in [2.75, 3.05) is 37.4 Å². The summed E-state index contributed by atoms with van der Waals surface area (Å²) in [5.74, 6) is 0. The third kappa shape index (κ3) is 3.22. The van der Waals surface area contributed by atoms with Crippen LogP contribution in [0.2, 0.25) is 0 Å². The molecule has 1 aromatic heterocycles. The normalized spacial score (nSPS) is 10.1. The van der Waals surface area contributed by atoms with Crippen molar-refractivity contribution in [2.24, 2.45) is 0 Å². The molecule has 1 heterocycles. The van der Waals surface area contributed by atoms with E-state index >= 15 is 0 Å². The molecule has 4 nitrogen and oxygen atoms in total. The Hall–Kier alpha value is -1.29. The molecule has 0 aliphatic heterocycles. The van der Waals surface area contributed by atoms with Gasteiger partial charge in [-0.25, -0.2) is 0 Å². The minimum absolute atomic E-state index is 0.686. The average molecular weight is 195 g/mol. The van der Waals surface area contributed by atoms with Crippen LogP contribution < -0.4 is 10.6 Å². The lowest BCUT2D eigenvalue weighted by molar-refractivity contribution is 0.154. The molecule has 14 heavy (non-hydrogen) atoms. The van der Waals surface area contributed by atoms with Crippen molar-refractivity contribution in [1.82, 2.24) is 4.98 Å². The summed E-state index contributed by atoms with van der Waals surface area (Å²) in [6.07, 6.45) is 3.43. The summed E-state index contributed by atoms with van der Waals surface area (Å²) < 4.78 is 5.26. The van der Waals surface area contributed by atoms with Crippen molar-refractivity contribution in [2.45, 2.75) is 6.92 Å². The van der Waals surface area contributed by atoms with Gasteiger partial charge in [-0.3, -0.25) is 4.98 Å². The minimum Gasteiger partial charge on any atom is -0.397 e. The first-order chi connectivity index (χ1) is 6.74. The van der Waals surface area contributed by atoms with E-state index in [4.69, 9.17) is 10.5 Å². The molecule has 0 aromatic carbocycles. The molecule has 1 rings (SSSR count). The predicted octanol–water partition coefficient (Wildman–Crippen LogP) is 1.14. The number of nitrogens with zero attached hydrogens (tertiary/aromatic N) is 2. The molecular formula is C10H17N3O. The van der Waals surface area contributed by atoms with Crippen molar-refractivity contribution in [3.63, 3.8) is 0 Å². The Morgan fingerprint density at radius 3 is 2.93 bits per heavy atom. The van der Waals surface area contributed by atoms with Crippen molar-refractivity contribution in [3.05, 3.63) is 18.5 Å². The summed E-state index contributed by atoms with van der Waals surface area (Å²) in [5, 5.41) is 0. The highest BCUT2D eigenvalue weighted by molar-refractivity contribution is 5.52. The Kier molecular flexibility index (Phi) is 4.19. The third-order valence-electron chi connectivity index (χ3n) is 1.96. The van der Waals surface area contributed by atoms with Crippen LogP contribution in [0.5, 0.6) is 0 Å². The van der Waals surface area contributed by atoms with Gasteiger partial charge in [-0.2, -0.15) is 0 Å². The van der Waals surface area contributed by atoms with Crippen LogP contribution in [0.3, 0.4) is 0 Å². The van der Waals surface area contributed by atoms with Gasteiger partial charge in [-0.05, 0) is 13.0 Å². The number of anilines is 2. The minimum atomic E-state index is 0.686. The van der Waals surface area contributed by atoms with E-state index in [2.05, 4.69) is 9.88 Å². The van der Waals surface area contributed by atoms with E-state index in [1.54, 1.807) is 12.4 Å². The van der Waals surface area contributed by atoms with E-state index in [0.29, 0.717) is 5.69 Å². The van der Waals surface area contributed by atoms with Gasteiger partial charge in [0.25, 0.3) is 0 Å². The zero-order chi connectivity index (χ0) is 10.4. The van der Waals surface area contributed by atoms with E-state index in [-0.39, 0.29) is 0 Å². The lowest BCUT2D eigenvalue weighted by Crippen LogP contribution is -2.22. The van der Waals surface area contributed by atoms with Crippen LogP contribution in [0.1, 0.15) is 6.92 Å². The topological polar surface area (TPSA) is 51.4 Å². The Morgan fingerprint density at radius 2 is 2.29 bits per heavy atom. The number of aromatic nitrogens is 1. The van der Waals surface area contributed by atoms with Crippen molar-refractivity contribution in [1.29, 1.82) is 0 Å². The SMILES string of the molecule is CCOCCN(C)c1cncc(N)c1. The second-order valence-electron chi connectivity index (χ2n) is 3.09. The first kappa shape index (κ1) is 10.8. The lowest BCUT2D eigenvalue weighted by atomic mass is 10.3. The van der Waals surface area contributed by atoms with Gasteiger partial charge in [0.1, 0.15) is 0 Å². The molecule has 0 amide bonds. The van der Waals surface area contributed by atoms with Crippen LogP contribution in [0.25, 0.3) is 0 Å². The van der Waals surface area contributed by atoms with Crippen molar-refractivity contribution < 1.29 is 4.74 Å². The fraction of sp³-hybridized carbons (Fsp3) is 0.500. The summed E-state index contributed by atoms with van der Waals surface area (Å²) in [6, 6.07) is 1.90. The van der Waals surface area contributed by atoms with Gasteiger partial charge in [0, 0.05) is 26.4 Å². The third-order valence-corrected chi connectivity index (χ3v) is 1.96. The largest absolute Gasteiger partial charge is 0.397 e. The number of likely N-dealkylation sites (N-methyl/N-ethyl adjacent to an activating group) is 1. The lowest BCUT2D eigenvalue weighted by Gasteiger charge is -2.18. The molecule has 4 heteroatoms. The van der Waals surface area contributed by atoms with Crippen LogP contribution in [-0.2, 0) is 4.74 Å². The summed E-state index contributed by atoms with van der Waals surface area (Å²) in [4.78, 5) is 6.09. The smallest absolute Gasteiger partial charge is 0.0641 e. The van der Waals surface area contributed by atoms with Crippen LogP contribution in [0.4, 0.5) is 11.4 Å². The first-order valence-electron chi connectivity index (χ1n) is 4.73. The Morgan fingerprint density at radius 1 is 1.50 bits per heavy atom. The molecule has 0 fully saturated rings. The molecular weight excluding hydrogens is 178 g/mol. The highest BCUT2D eigenvalue weighted by Gasteiger charge is 2.00. The quantitative estimate of drug-likeness (QED) is 0.716. The van der Waals surface area contributed by atoms with Crippen molar-refractivity contribution >= 4 is 11.4 Å². The van der Waals surface area contributed by atoms with Gasteiger partial charge in [-0.1, -0.05) is 0 Å². The Labute approximate surface area is 84.7 Å². The number of pyridine rings is 1. The molecule has 0 spiro atoms. The molecule has 0 bridgehead atoms. The van der Waals surface area contributed by atoms with E-state index in [1.807, 2.05) is 20.0 Å². The molecule has 0 saturated heterocycles. The molecule has 2 N–H and O–H groups in total. The monoisotopic (exact) mass is 195 g/mol. The maximum atomic E-state index is 5.63. The summed E-state index contributed by atoms with van der Waals surface area (Å²) in [7, 11) is 2.00. The predicted molar refractivity (Wildman–Crippen MR) is 58.4 cm³/mol. The fourth-order valence-corrected chi connectivity index (χ4v) is 1.13. The Balaban J connectivity index is 2.47. The molecule has 0 saturated carbocycles. The van der Waals surface area contributed by atoms with Gasteiger partial charge in [-0.15, -0.1) is 0 Å². The van der Waals surface area contributed by atoms with E-state index in [0.717, 1.165) is 25.4 Å². The van der Waals surface area contributed by atoms with Gasteiger partial charge in [0.05, 0.1) is 24.2 Å². The highest BCUT2D eigenvalue weighted by atomic mass is 16.5. The number of ether oxygens (including phenoxy) is 1. The summed E-state index contributed by atoms with van der Waals surface area (Å²) >= 11 is 0. The zero-order valence-electron chi connectivity index (χ0n) is 8.73. The molecule has 78 valence electrons. The highest BCUT2D eigenvalue weighted by Crippen LogP contribution is 2.13. The summed E-state index contributed by atoms with van der Waals surface area (Å²) in [6.45, 7) is 4.31. The second-order valence-corrected chi connectivity index (χ2v) is 3.09. The van der Waals surface area contributed by atoms with Gasteiger partial charge in [0.2, 0.25) is 0 Å². The van der Waals surface area contributed by atoms with Crippen LogP contribution >= 0.6 is 0 Å². The Bertz CT molecular complexity index is 278. The molecule has 0 aliphatic carbocycles. The second kappa shape index (κ2) is 5.44. The fourth-order valence-electron chi connectivity index (χ4n) is 1.13. The molecule has 0 radical (unpaired) electrons. The van der Waals surface area contributed by atoms with E-state index in [9.17, 15) is 0 Å². The zero-order valence-corrected chi connectivity index (χ0v) is 8.73. The number of hydrogen-bond donors (Lipinski definition) is 1. The number of hydrogen-bond acceptors (Lipinski definition) is 4. The van der Waals surface area contributed by atoms with Crippen molar-refractivity contribution in [3.8, 4) is 0 Å². The van der Waals surface area contributed by atoms with Crippen LogP contribution in [0, 0.1) is 0 Å². The maximum Gasteiger partial charge on any atom is 0.0641 e. The summed E-state index contributed by atoms with van der Waals surface area (Å²) in [5.41, 5.74) is 7.33. The van der Waals surface area contributed by atoms with E-state index in [1.165, 1.54) is 0 Å².